The van der Waals surface area contributed by atoms with Crippen LogP contribution in [-0.4, -0.2) is 16.7 Å². The van der Waals surface area contributed by atoms with Crippen LogP contribution < -0.4 is 16.8 Å². The summed E-state index contributed by atoms with van der Waals surface area (Å²) in [5.74, 6) is 0.552. The quantitative estimate of drug-likeness (QED) is 0.705. The van der Waals surface area contributed by atoms with E-state index in [1.807, 2.05) is 43.3 Å². The van der Waals surface area contributed by atoms with E-state index in [2.05, 4.69) is 10.5 Å². The first kappa shape index (κ1) is 16.2. The van der Waals surface area contributed by atoms with Crippen LogP contribution in [0.4, 0.5) is 5.69 Å². The molecule has 3 N–H and O–H groups in total. The van der Waals surface area contributed by atoms with Crippen molar-refractivity contribution in [2.24, 2.45) is 5.73 Å². The SMILES string of the molecule is CC[C@H](N)c1nc2cccc(NOC)c2c(=O)n1-c1ccccc1. The Kier molecular flexibility index (Phi) is 4.59. The van der Waals surface area contributed by atoms with Crippen LogP contribution in [0.25, 0.3) is 16.6 Å². The lowest BCUT2D eigenvalue weighted by Crippen LogP contribution is -2.28. The Morgan fingerprint density at radius 2 is 1.96 bits per heavy atom. The monoisotopic (exact) mass is 324 g/mol. The number of nitrogens with one attached hydrogen (secondary N) is 1. The fourth-order valence-electron chi connectivity index (χ4n) is 2.70. The summed E-state index contributed by atoms with van der Waals surface area (Å²) < 4.78 is 1.58. The first-order valence-corrected chi connectivity index (χ1v) is 7.83. The summed E-state index contributed by atoms with van der Waals surface area (Å²) in [5, 5.41) is 0.468. The topological polar surface area (TPSA) is 82.2 Å². The fraction of sp³-hybridized carbons (Fsp3) is 0.222. The molecule has 0 saturated carbocycles. The van der Waals surface area contributed by atoms with Crippen molar-refractivity contribution in [2.75, 3.05) is 12.6 Å². The molecule has 6 heteroatoms. The van der Waals surface area contributed by atoms with Gasteiger partial charge in [-0.2, -0.15) is 0 Å². The zero-order valence-electron chi connectivity index (χ0n) is 13.7. The van der Waals surface area contributed by atoms with E-state index in [0.29, 0.717) is 28.8 Å². The zero-order chi connectivity index (χ0) is 17.1. The molecular formula is C18H20N4O2. The van der Waals surface area contributed by atoms with Gasteiger partial charge in [-0.15, -0.1) is 0 Å². The summed E-state index contributed by atoms with van der Waals surface area (Å²) in [6.07, 6.45) is 0.681. The second kappa shape index (κ2) is 6.82. The van der Waals surface area contributed by atoms with Crippen molar-refractivity contribution in [3.05, 3.63) is 64.7 Å². The highest BCUT2D eigenvalue weighted by Gasteiger charge is 2.18. The van der Waals surface area contributed by atoms with Gasteiger partial charge in [0.15, 0.2) is 0 Å². The standard InChI is InChI=1S/C18H20N4O2/c1-3-13(19)17-20-14-10-7-11-15(21-24-2)16(14)18(23)22(17)12-8-5-4-6-9-12/h4-11,13,21H,3,19H2,1-2H3/t13-/m0/s1. The summed E-state index contributed by atoms with van der Waals surface area (Å²) >= 11 is 0. The van der Waals surface area contributed by atoms with Crippen LogP contribution in [0, 0.1) is 0 Å². The molecule has 0 radical (unpaired) electrons. The van der Waals surface area contributed by atoms with E-state index in [-0.39, 0.29) is 11.6 Å². The summed E-state index contributed by atoms with van der Waals surface area (Å²) in [6, 6.07) is 14.5. The van der Waals surface area contributed by atoms with Gasteiger partial charge in [-0.05, 0) is 30.7 Å². The number of hydrogen-bond donors (Lipinski definition) is 2. The molecule has 0 saturated heterocycles. The molecule has 0 spiro atoms. The van der Waals surface area contributed by atoms with E-state index in [4.69, 9.17) is 10.6 Å². The van der Waals surface area contributed by atoms with Crippen molar-refractivity contribution in [3.63, 3.8) is 0 Å². The molecule has 0 aliphatic carbocycles. The van der Waals surface area contributed by atoms with Gasteiger partial charge in [0.25, 0.3) is 5.56 Å². The lowest BCUT2D eigenvalue weighted by atomic mass is 10.1. The molecule has 0 unspecified atom stereocenters. The van der Waals surface area contributed by atoms with E-state index in [1.165, 1.54) is 7.11 Å². The molecule has 0 amide bonds. The maximum Gasteiger partial charge on any atom is 0.268 e. The number of nitrogens with zero attached hydrogens (tertiary/aromatic N) is 2. The number of aromatic nitrogens is 2. The molecule has 2 aromatic carbocycles. The van der Waals surface area contributed by atoms with E-state index in [9.17, 15) is 4.79 Å². The van der Waals surface area contributed by atoms with Crippen molar-refractivity contribution >= 4 is 16.6 Å². The number of anilines is 1. The van der Waals surface area contributed by atoms with Gasteiger partial charge in [0.2, 0.25) is 0 Å². The zero-order valence-corrected chi connectivity index (χ0v) is 13.7. The second-order valence-electron chi connectivity index (χ2n) is 5.47. The Labute approximate surface area is 139 Å². The van der Waals surface area contributed by atoms with Crippen LogP contribution in [0.5, 0.6) is 0 Å². The molecule has 6 nitrogen and oxygen atoms in total. The maximum absolute atomic E-state index is 13.2. The third-order valence-corrected chi connectivity index (χ3v) is 3.92. The highest BCUT2D eigenvalue weighted by Crippen LogP contribution is 2.23. The van der Waals surface area contributed by atoms with Crippen LogP contribution in [0.15, 0.2) is 53.3 Å². The number of para-hydroxylation sites is 1. The lowest BCUT2D eigenvalue weighted by Gasteiger charge is -2.18. The minimum absolute atomic E-state index is 0.176. The summed E-state index contributed by atoms with van der Waals surface area (Å²) in [7, 11) is 1.50. The molecule has 1 aromatic heterocycles. The predicted octanol–water partition coefficient (Wildman–Crippen LogP) is 2.77. The number of benzene rings is 2. The normalized spacial score (nSPS) is 12.3. The molecule has 3 rings (SSSR count). The van der Waals surface area contributed by atoms with Gasteiger partial charge < -0.3 is 5.73 Å². The fourth-order valence-corrected chi connectivity index (χ4v) is 2.70. The first-order valence-electron chi connectivity index (χ1n) is 7.83. The Balaban J connectivity index is 2.40. The first-order chi connectivity index (χ1) is 11.7. The molecule has 0 aliphatic rings. The number of rotatable bonds is 5. The second-order valence-corrected chi connectivity index (χ2v) is 5.47. The Bertz CT molecular complexity index is 906. The van der Waals surface area contributed by atoms with Gasteiger partial charge in [-0.1, -0.05) is 31.2 Å². The molecule has 3 aromatic rings. The molecular weight excluding hydrogens is 304 g/mol. The average molecular weight is 324 g/mol. The molecule has 124 valence electrons. The van der Waals surface area contributed by atoms with Crippen molar-refractivity contribution in [1.29, 1.82) is 0 Å². The lowest BCUT2D eigenvalue weighted by molar-refractivity contribution is 0.271. The van der Waals surface area contributed by atoms with Crippen molar-refractivity contribution in [3.8, 4) is 5.69 Å². The maximum atomic E-state index is 13.2. The molecule has 0 aliphatic heterocycles. The van der Waals surface area contributed by atoms with E-state index >= 15 is 0 Å². The largest absolute Gasteiger partial charge is 0.321 e. The Hall–Kier alpha value is -2.70. The van der Waals surface area contributed by atoms with Gasteiger partial charge in [-0.3, -0.25) is 19.7 Å². The number of nitrogens with two attached hydrogens (primary N) is 1. The van der Waals surface area contributed by atoms with Gasteiger partial charge in [-0.25, -0.2) is 4.98 Å². The summed E-state index contributed by atoms with van der Waals surface area (Å²) in [4.78, 5) is 22.9. The summed E-state index contributed by atoms with van der Waals surface area (Å²) in [6.45, 7) is 1.97. The van der Waals surface area contributed by atoms with Crippen molar-refractivity contribution < 1.29 is 4.84 Å². The van der Waals surface area contributed by atoms with Crippen LogP contribution in [0.3, 0.4) is 0 Å². The van der Waals surface area contributed by atoms with E-state index < -0.39 is 0 Å². The molecule has 1 heterocycles. The van der Waals surface area contributed by atoms with Gasteiger partial charge in [0.05, 0.1) is 35.4 Å². The highest BCUT2D eigenvalue weighted by molar-refractivity contribution is 5.90. The van der Waals surface area contributed by atoms with Crippen LogP contribution in [-0.2, 0) is 4.84 Å². The third-order valence-electron chi connectivity index (χ3n) is 3.92. The van der Waals surface area contributed by atoms with Gasteiger partial charge in [0.1, 0.15) is 5.82 Å². The minimum Gasteiger partial charge on any atom is -0.321 e. The van der Waals surface area contributed by atoms with E-state index in [0.717, 1.165) is 5.69 Å². The molecule has 24 heavy (non-hydrogen) atoms. The van der Waals surface area contributed by atoms with Gasteiger partial charge in [0, 0.05) is 0 Å². The highest BCUT2D eigenvalue weighted by atomic mass is 16.6. The Morgan fingerprint density at radius 1 is 1.21 bits per heavy atom. The van der Waals surface area contributed by atoms with E-state index in [1.54, 1.807) is 16.7 Å². The van der Waals surface area contributed by atoms with Crippen LogP contribution in [0.2, 0.25) is 0 Å². The number of fused-ring (bicyclic) bond motifs is 1. The molecule has 0 fully saturated rings. The molecule has 1 atom stereocenters. The third kappa shape index (κ3) is 2.77. The minimum atomic E-state index is -0.332. The smallest absolute Gasteiger partial charge is 0.268 e. The van der Waals surface area contributed by atoms with Gasteiger partial charge >= 0.3 is 0 Å². The average Bonchev–Trinajstić information content (AvgIpc) is 2.61. The summed E-state index contributed by atoms with van der Waals surface area (Å²) in [5.41, 5.74) is 10.7. The number of hydrogen-bond acceptors (Lipinski definition) is 5. The molecule has 0 bridgehead atoms. The van der Waals surface area contributed by atoms with Crippen LogP contribution >= 0.6 is 0 Å². The predicted molar refractivity (Wildman–Crippen MR) is 95.2 cm³/mol. The van der Waals surface area contributed by atoms with Crippen molar-refractivity contribution in [1.82, 2.24) is 9.55 Å². The van der Waals surface area contributed by atoms with Crippen molar-refractivity contribution in [2.45, 2.75) is 19.4 Å². The van der Waals surface area contributed by atoms with Crippen LogP contribution in [0.1, 0.15) is 25.2 Å². The Morgan fingerprint density at radius 3 is 2.62 bits per heavy atom.